The van der Waals surface area contributed by atoms with Crippen LogP contribution in [0, 0.1) is 0 Å². The molecule has 5 nitrogen and oxygen atoms in total. The van der Waals surface area contributed by atoms with Gasteiger partial charge in [-0.15, -0.1) is 0 Å². The van der Waals surface area contributed by atoms with Crippen LogP contribution in [0.1, 0.15) is 31.9 Å². The molecule has 1 unspecified atom stereocenters. The zero-order valence-electron chi connectivity index (χ0n) is 14.8. The standard InChI is InChI=1S/C21H21NO4/c1-3-17(23)18-19(14-10-12-16(13-11-14)26-4-2)22(21(25)20(18)24)15-8-6-5-7-9-15/h5-13,19,24H,3-4H2,1-2H3. The first-order valence-corrected chi connectivity index (χ1v) is 8.66. The topological polar surface area (TPSA) is 66.8 Å². The van der Waals surface area contributed by atoms with Crippen LogP contribution in [0.4, 0.5) is 5.69 Å². The minimum absolute atomic E-state index is 0.144. The maximum absolute atomic E-state index is 12.7. The lowest BCUT2D eigenvalue weighted by atomic mass is 9.95. The Kier molecular flexibility index (Phi) is 5.07. The predicted molar refractivity (Wildman–Crippen MR) is 99.2 cm³/mol. The molecule has 134 valence electrons. The van der Waals surface area contributed by atoms with Gasteiger partial charge in [0.25, 0.3) is 5.91 Å². The molecule has 1 aliphatic rings. The van der Waals surface area contributed by atoms with Gasteiger partial charge >= 0.3 is 0 Å². The number of carbonyl (C=O) groups excluding carboxylic acids is 2. The van der Waals surface area contributed by atoms with Crippen molar-refractivity contribution >= 4 is 17.4 Å². The Labute approximate surface area is 152 Å². The third-order valence-corrected chi connectivity index (χ3v) is 4.37. The van der Waals surface area contributed by atoms with E-state index < -0.39 is 17.7 Å². The molecule has 26 heavy (non-hydrogen) atoms. The van der Waals surface area contributed by atoms with Gasteiger partial charge in [-0.05, 0) is 36.8 Å². The highest BCUT2D eigenvalue weighted by Gasteiger charge is 2.43. The van der Waals surface area contributed by atoms with Crippen molar-refractivity contribution in [2.45, 2.75) is 26.3 Å². The van der Waals surface area contributed by atoms with E-state index in [1.54, 1.807) is 31.2 Å². The van der Waals surface area contributed by atoms with Gasteiger partial charge in [-0.25, -0.2) is 0 Å². The fraction of sp³-hybridized carbons (Fsp3) is 0.238. The van der Waals surface area contributed by atoms with Crippen molar-refractivity contribution in [1.82, 2.24) is 0 Å². The van der Waals surface area contributed by atoms with E-state index in [9.17, 15) is 14.7 Å². The summed E-state index contributed by atoms with van der Waals surface area (Å²) in [6.07, 6.45) is 0.211. The van der Waals surface area contributed by atoms with Gasteiger partial charge in [-0.2, -0.15) is 0 Å². The van der Waals surface area contributed by atoms with Crippen molar-refractivity contribution in [2.24, 2.45) is 0 Å². The van der Waals surface area contributed by atoms with Gasteiger partial charge in [0, 0.05) is 12.1 Å². The predicted octanol–water partition coefficient (Wildman–Crippen LogP) is 3.96. The molecule has 0 radical (unpaired) electrons. The molecule has 5 heteroatoms. The molecule has 0 aliphatic carbocycles. The Hall–Kier alpha value is -3.08. The molecular weight excluding hydrogens is 330 g/mol. The van der Waals surface area contributed by atoms with Gasteiger partial charge in [0.2, 0.25) is 0 Å². The van der Waals surface area contributed by atoms with E-state index in [-0.39, 0.29) is 17.8 Å². The lowest BCUT2D eigenvalue weighted by molar-refractivity contribution is -0.118. The van der Waals surface area contributed by atoms with Crippen molar-refractivity contribution in [3.05, 3.63) is 71.5 Å². The van der Waals surface area contributed by atoms with Crippen molar-refractivity contribution in [3.63, 3.8) is 0 Å². The number of aliphatic hydroxyl groups is 1. The molecule has 1 heterocycles. The number of para-hydroxylation sites is 1. The number of Topliss-reactive ketones (excluding diaryl/α,β-unsaturated/α-hetero) is 1. The molecule has 1 amide bonds. The molecule has 0 bridgehead atoms. The smallest absolute Gasteiger partial charge is 0.294 e. The number of hydrogen-bond acceptors (Lipinski definition) is 4. The van der Waals surface area contributed by atoms with Crippen molar-refractivity contribution in [1.29, 1.82) is 0 Å². The van der Waals surface area contributed by atoms with Crippen LogP contribution in [-0.2, 0) is 9.59 Å². The van der Waals surface area contributed by atoms with E-state index in [0.29, 0.717) is 18.0 Å². The van der Waals surface area contributed by atoms with Gasteiger partial charge in [0.15, 0.2) is 11.5 Å². The second kappa shape index (κ2) is 7.44. The number of ether oxygens (including phenoxy) is 1. The lowest BCUT2D eigenvalue weighted by Gasteiger charge is -2.27. The van der Waals surface area contributed by atoms with Crippen LogP contribution in [-0.4, -0.2) is 23.4 Å². The number of hydrogen-bond donors (Lipinski definition) is 1. The highest BCUT2D eigenvalue weighted by atomic mass is 16.5. The summed E-state index contributed by atoms with van der Waals surface area (Å²) in [5, 5.41) is 10.4. The van der Waals surface area contributed by atoms with Gasteiger partial charge in [0.1, 0.15) is 5.75 Å². The van der Waals surface area contributed by atoms with E-state index in [2.05, 4.69) is 0 Å². The molecule has 0 aromatic heterocycles. The Bertz CT molecular complexity index is 840. The van der Waals surface area contributed by atoms with E-state index in [4.69, 9.17) is 4.74 Å². The maximum Gasteiger partial charge on any atom is 0.294 e. The number of nitrogens with zero attached hydrogens (tertiary/aromatic N) is 1. The molecule has 2 aromatic carbocycles. The summed E-state index contributed by atoms with van der Waals surface area (Å²) in [6, 6.07) is 15.6. The molecule has 0 fully saturated rings. The molecule has 1 aliphatic heterocycles. The molecule has 3 rings (SSSR count). The van der Waals surface area contributed by atoms with Crippen LogP contribution in [0.2, 0.25) is 0 Å². The number of carbonyl (C=O) groups is 2. The second-order valence-electron chi connectivity index (χ2n) is 5.95. The zero-order valence-corrected chi connectivity index (χ0v) is 14.8. The highest BCUT2D eigenvalue weighted by Crippen LogP contribution is 2.41. The fourth-order valence-electron chi connectivity index (χ4n) is 3.16. The largest absolute Gasteiger partial charge is 0.503 e. The monoisotopic (exact) mass is 351 g/mol. The summed E-state index contributed by atoms with van der Waals surface area (Å²) in [4.78, 5) is 26.7. The molecule has 2 aromatic rings. The number of ketones is 1. The molecule has 1 N–H and O–H groups in total. The minimum atomic E-state index is -0.659. The van der Waals surface area contributed by atoms with E-state index in [1.165, 1.54) is 4.90 Å². The Morgan fingerprint density at radius 1 is 1.08 bits per heavy atom. The quantitative estimate of drug-likeness (QED) is 0.855. The fourth-order valence-corrected chi connectivity index (χ4v) is 3.16. The van der Waals surface area contributed by atoms with Crippen LogP contribution in [0.3, 0.4) is 0 Å². The number of anilines is 1. The third kappa shape index (κ3) is 3.08. The summed E-state index contributed by atoms with van der Waals surface area (Å²) in [5.41, 5.74) is 1.51. The van der Waals surface area contributed by atoms with Crippen molar-refractivity contribution < 1.29 is 19.4 Å². The summed E-state index contributed by atoms with van der Waals surface area (Å²) < 4.78 is 5.46. The zero-order chi connectivity index (χ0) is 18.7. The van der Waals surface area contributed by atoms with E-state index >= 15 is 0 Å². The van der Waals surface area contributed by atoms with Gasteiger partial charge in [-0.3, -0.25) is 14.5 Å². The van der Waals surface area contributed by atoms with Crippen molar-refractivity contribution in [2.75, 3.05) is 11.5 Å². The van der Waals surface area contributed by atoms with Crippen LogP contribution in [0.5, 0.6) is 5.75 Å². The van der Waals surface area contributed by atoms with E-state index in [0.717, 1.165) is 5.56 Å². The Balaban J connectivity index is 2.10. The highest BCUT2D eigenvalue weighted by molar-refractivity contribution is 6.16. The van der Waals surface area contributed by atoms with Crippen LogP contribution >= 0.6 is 0 Å². The first-order chi connectivity index (χ1) is 12.6. The van der Waals surface area contributed by atoms with Crippen LogP contribution < -0.4 is 9.64 Å². The third-order valence-electron chi connectivity index (χ3n) is 4.37. The van der Waals surface area contributed by atoms with Gasteiger partial charge < -0.3 is 9.84 Å². The lowest BCUT2D eigenvalue weighted by Crippen LogP contribution is -2.30. The molecule has 0 saturated heterocycles. The summed E-state index contributed by atoms with van der Waals surface area (Å²) in [6.45, 7) is 4.17. The normalized spacial score (nSPS) is 16.9. The van der Waals surface area contributed by atoms with Crippen molar-refractivity contribution in [3.8, 4) is 5.75 Å². The first kappa shape index (κ1) is 17.7. The number of rotatable bonds is 6. The first-order valence-electron chi connectivity index (χ1n) is 8.66. The average Bonchev–Trinajstić information content (AvgIpc) is 2.94. The second-order valence-corrected chi connectivity index (χ2v) is 5.95. The summed E-state index contributed by atoms with van der Waals surface area (Å²) >= 11 is 0. The molecule has 0 spiro atoms. The van der Waals surface area contributed by atoms with Crippen LogP contribution in [0.25, 0.3) is 0 Å². The Morgan fingerprint density at radius 3 is 2.31 bits per heavy atom. The number of amides is 1. The average molecular weight is 351 g/mol. The molecular formula is C21H21NO4. The van der Waals surface area contributed by atoms with E-state index in [1.807, 2.05) is 37.3 Å². The van der Waals surface area contributed by atoms with Gasteiger partial charge in [0.05, 0.1) is 18.2 Å². The Morgan fingerprint density at radius 2 is 1.73 bits per heavy atom. The number of benzene rings is 2. The SMILES string of the molecule is CCOc1ccc(C2C(C(=O)CC)=C(O)C(=O)N2c2ccccc2)cc1. The van der Waals surface area contributed by atoms with Crippen LogP contribution in [0.15, 0.2) is 65.9 Å². The minimum Gasteiger partial charge on any atom is -0.503 e. The van der Waals surface area contributed by atoms with Gasteiger partial charge in [-0.1, -0.05) is 37.3 Å². The summed E-state index contributed by atoms with van der Waals surface area (Å²) in [7, 11) is 0. The molecule has 1 atom stereocenters. The summed E-state index contributed by atoms with van der Waals surface area (Å²) in [5.74, 6) is -0.567. The molecule has 0 saturated carbocycles. The maximum atomic E-state index is 12.7. The number of aliphatic hydroxyl groups excluding tert-OH is 1.